The summed E-state index contributed by atoms with van der Waals surface area (Å²) in [6.45, 7) is 0. The molecule has 1 aliphatic rings. The summed E-state index contributed by atoms with van der Waals surface area (Å²) in [5, 5.41) is 29.3. The predicted molar refractivity (Wildman–Crippen MR) is 113 cm³/mol. The van der Waals surface area contributed by atoms with Crippen molar-refractivity contribution in [2.24, 2.45) is 10.2 Å². The molecule has 1 atom stereocenters. The summed E-state index contributed by atoms with van der Waals surface area (Å²) in [4.78, 5) is 32.7. The van der Waals surface area contributed by atoms with Crippen LogP contribution in [0.25, 0.3) is 0 Å². The number of rotatable bonds is 8. The summed E-state index contributed by atoms with van der Waals surface area (Å²) in [6.07, 6.45) is 1.13. The van der Waals surface area contributed by atoms with Crippen LogP contribution in [0.4, 0.5) is 5.69 Å². The molecule has 2 aromatic rings. The van der Waals surface area contributed by atoms with Gasteiger partial charge in [0.15, 0.2) is 16.7 Å². The van der Waals surface area contributed by atoms with E-state index in [4.69, 9.17) is 14.6 Å². The van der Waals surface area contributed by atoms with E-state index in [0.717, 1.165) is 11.8 Å². The Morgan fingerprint density at radius 2 is 2.03 bits per heavy atom. The van der Waals surface area contributed by atoms with Crippen molar-refractivity contribution in [3.05, 3.63) is 58.1 Å². The molecule has 3 rings (SSSR count). The standard InChI is InChI=1S/C19H16N4O7S/c1-29-15-8-11(10-20-22-19-21-18(26)16(31-19)9-17(24)25)2-7-14(15)30-13-5-3-12(4-6-13)23(27)28/h2-8,10,16H,9H2,1H3,(H,24,25)(H,21,22,26). The van der Waals surface area contributed by atoms with Crippen LogP contribution in [0.15, 0.2) is 52.7 Å². The second-order valence-corrected chi connectivity index (χ2v) is 7.30. The Kier molecular flexibility index (Phi) is 6.82. The van der Waals surface area contributed by atoms with Gasteiger partial charge < -0.3 is 19.9 Å². The maximum Gasteiger partial charge on any atom is 0.305 e. The second-order valence-electron chi connectivity index (χ2n) is 6.11. The van der Waals surface area contributed by atoms with Gasteiger partial charge in [0.2, 0.25) is 5.91 Å². The summed E-state index contributed by atoms with van der Waals surface area (Å²) in [7, 11) is 1.46. The van der Waals surface area contributed by atoms with Crippen molar-refractivity contribution in [1.29, 1.82) is 0 Å². The van der Waals surface area contributed by atoms with Gasteiger partial charge in [-0.1, -0.05) is 11.8 Å². The van der Waals surface area contributed by atoms with Crippen molar-refractivity contribution in [3.63, 3.8) is 0 Å². The summed E-state index contributed by atoms with van der Waals surface area (Å²) < 4.78 is 11.0. The van der Waals surface area contributed by atoms with Crippen LogP contribution in [-0.2, 0) is 9.59 Å². The number of nitrogens with zero attached hydrogens (tertiary/aromatic N) is 3. The number of thioether (sulfide) groups is 1. The smallest absolute Gasteiger partial charge is 0.305 e. The number of carboxylic acid groups (broad SMARTS) is 1. The van der Waals surface area contributed by atoms with E-state index in [2.05, 4.69) is 15.5 Å². The minimum absolute atomic E-state index is 0.0432. The minimum Gasteiger partial charge on any atom is -0.493 e. The van der Waals surface area contributed by atoms with E-state index in [9.17, 15) is 19.7 Å². The number of methoxy groups -OCH3 is 1. The number of benzene rings is 2. The first-order chi connectivity index (χ1) is 14.9. The highest BCUT2D eigenvalue weighted by Gasteiger charge is 2.32. The number of amides is 1. The fraction of sp³-hybridized carbons (Fsp3) is 0.158. The summed E-state index contributed by atoms with van der Waals surface area (Å²) in [5.74, 6) is -0.284. The Morgan fingerprint density at radius 1 is 1.29 bits per heavy atom. The van der Waals surface area contributed by atoms with Crippen molar-refractivity contribution in [2.75, 3.05) is 7.11 Å². The lowest BCUT2D eigenvalue weighted by molar-refractivity contribution is -0.384. The first-order valence-corrected chi connectivity index (χ1v) is 9.64. The molecule has 1 saturated heterocycles. The van der Waals surface area contributed by atoms with Gasteiger partial charge in [-0.05, 0) is 35.9 Å². The average molecular weight is 444 g/mol. The van der Waals surface area contributed by atoms with Crippen LogP contribution in [0.1, 0.15) is 12.0 Å². The third-order valence-corrected chi connectivity index (χ3v) is 5.03. The number of nitrogens with one attached hydrogen (secondary N) is 1. The van der Waals surface area contributed by atoms with Crippen molar-refractivity contribution in [2.45, 2.75) is 11.7 Å². The van der Waals surface area contributed by atoms with Gasteiger partial charge in [0.05, 0.1) is 24.7 Å². The molecule has 0 aromatic heterocycles. The maximum absolute atomic E-state index is 11.7. The van der Waals surface area contributed by atoms with Crippen molar-refractivity contribution in [1.82, 2.24) is 5.32 Å². The van der Waals surface area contributed by atoms with Gasteiger partial charge in [-0.3, -0.25) is 19.7 Å². The molecule has 1 aliphatic heterocycles. The number of carbonyl (C=O) groups is 2. The molecule has 160 valence electrons. The quantitative estimate of drug-likeness (QED) is 0.358. The SMILES string of the molecule is COc1cc(C=NN=C2NC(=O)C(CC(=O)O)S2)ccc1Oc1ccc([N+](=O)[O-])cc1. The highest BCUT2D eigenvalue weighted by atomic mass is 32.2. The Bertz CT molecular complexity index is 1070. The van der Waals surface area contributed by atoms with Gasteiger partial charge in [0.1, 0.15) is 11.0 Å². The molecule has 1 fully saturated rings. The third-order valence-electron chi connectivity index (χ3n) is 3.95. The molecule has 0 spiro atoms. The molecule has 0 bridgehead atoms. The van der Waals surface area contributed by atoms with Gasteiger partial charge >= 0.3 is 5.97 Å². The number of hydrogen-bond acceptors (Lipinski definition) is 9. The highest BCUT2D eigenvalue weighted by Crippen LogP contribution is 2.32. The number of nitro benzene ring substituents is 1. The number of nitro groups is 1. The van der Waals surface area contributed by atoms with E-state index in [1.54, 1.807) is 18.2 Å². The summed E-state index contributed by atoms with van der Waals surface area (Å²) in [5.41, 5.74) is 0.590. The zero-order valence-electron chi connectivity index (χ0n) is 16.0. The Labute approximate surface area is 179 Å². The first-order valence-electron chi connectivity index (χ1n) is 8.76. The van der Waals surface area contributed by atoms with Crippen LogP contribution < -0.4 is 14.8 Å². The van der Waals surface area contributed by atoms with Crippen LogP contribution in [0.2, 0.25) is 0 Å². The van der Waals surface area contributed by atoms with Crippen molar-refractivity contribution < 1.29 is 29.1 Å². The van der Waals surface area contributed by atoms with Gasteiger partial charge in [-0.2, -0.15) is 5.10 Å². The number of carbonyl (C=O) groups excluding carboxylic acids is 1. The number of amidine groups is 1. The van der Waals surface area contributed by atoms with E-state index in [0.29, 0.717) is 22.8 Å². The van der Waals surface area contributed by atoms with E-state index in [-0.39, 0.29) is 17.3 Å². The predicted octanol–water partition coefficient (Wildman–Crippen LogP) is 2.79. The van der Waals surface area contributed by atoms with Gasteiger partial charge in [-0.15, -0.1) is 5.10 Å². The molecular weight excluding hydrogens is 428 g/mol. The average Bonchev–Trinajstić information content (AvgIpc) is 3.07. The molecule has 0 aliphatic carbocycles. The van der Waals surface area contributed by atoms with Crippen LogP contribution in [0, 0.1) is 10.1 Å². The van der Waals surface area contributed by atoms with E-state index in [1.807, 2.05) is 0 Å². The Morgan fingerprint density at radius 3 is 2.68 bits per heavy atom. The van der Waals surface area contributed by atoms with Crippen molar-refractivity contribution >= 4 is 40.7 Å². The lowest BCUT2D eigenvalue weighted by Gasteiger charge is -2.10. The normalized spacial score (nSPS) is 17.0. The number of aliphatic carboxylic acids is 1. The lowest BCUT2D eigenvalue weighted by Crippen LogP contribution is -2.26. The fourth-order valence-corrected chi connectivity index (χ4v) is 3.42. The molecule has 11 nitrogen and oxygen atoms in total. The zero-order valence-corrected chi connectivity index (χ0v) is 16.9. The topological polar surface area (TPSA) is 153 Å². The molecule has 0 saturated carbocycles. The summed E-state index contributed by atoms with van der Waals surface area (Å²) in [6, 6.07) is 10.6. The molecule has 1 heterocycles. The monoisotopic (exact) mass is 444 g/mol. The number of ether oxygens (including phenoxy) is 2. The number of carboxylic acids is 1. The first kappa shape index (κ1) is 21.8. The van der Waals surface area contributed by atoms with Crippen LogP contribution >= 0.6 is 11.8 Å². The molecule has 2 aromatic carbocycles. The van der Waals surface area contributed by atoms with Crippen LogP contribution in [-0.4, -0.2) is 45.6 Å². The lowest BCUT2D eigenvalue weighted by atomic mass is 10.2. The molecular formula is C19H16N4O7S. The molecule has 0 radical (unpaired) electrons. The van der Waals surface area contributed by atoms with E-state index < -0.39 is 22.0 Å². The van der Waals surface area contributed by atoms with Gasteiger partial charge in [-0.25, -0.2) is 0 Å². The van der Waals surface area contributed by atoms with E-state index >= 15 is 0 Å². The van der Waals surface area contributed by atoms with Gasteiger partial charge in [0, 0.05) is 12.1 Å². The Balaban J connectivity index is 1.67. The fourth-order valence-electron chi connectivity index (χ4n) is 2.50. The molecule has 31 heavy (non-hydrogen) atoms. The molecule has 1 unspecified atom stereocenters. The van der Waals surface area contributed by atoms with Crippen LogP contribution in [0.5, 0.6) is 17.2 Å². The number of non-ortho nitro benzene ring substituents is 1. The number of hydrogen-bond donors (Lipinski definition) is 2. The van der Waals surface area contributed by atoms with Crippen molar-refractivity contribution in [3.8, 4) is 17.2 Å². The van der Waals surface area contributed by atoms with Crippen LogP contribution in [0.3, 0.4) is 0 Å². The third kappa shape index (κ3) is 5.79. The molecule has 1 amide bonds. The maximum atomic E-state index is 11.7. The Hall–Kier alpha value is -3.93. The molecule has 12 heteroatoms. The zero-order chi connectivity index (χ0) is 22.4. The van der Waals surface area contributed by atoms with Gasteiger partial charge in [0.25, 0.3) is 5.69 Å². The largest absolute Gasteiger partial charge is 0.493 e. The minimum atomic E-state index is -1.07. The second kappa shape index (κ2) is 9.71. The van der Waals surface area contributed by atoms with E-state index in [1.165, 1.54) is 37.6 Å². The summed E-state index contributed by atoms with van der Waals surface area (Å²) >= 11 is 1.00. The molecule has 2 N–H and O–H groups in total. The highest BCUT2D eigenvalue weighted by molar-refractivity contribution is 8.15.